The minimum atomic E-state index is 0.974. The summed E-state index contributed by atoms with van der Waals surface area (Å²) in [5, 5.41) is 1.15. The molecular formula is C14H29BrO. The van der Waals surface area contributed by atoms with E-state index in [0.717, 1.165) is 18.5 Å². The highest BCUT2D eigenvalue weighted by molar-refractivity contribution is 9.09. The summed E-state index contributed by atoms with van der Waals surface area (Å²) in [4.78, 5) is 0. The molecule has 98 valence electrons. The molecule has 0 fully saturated rings. The number of halogens is 1. The van der Waals surface area contributed by atoms with E-state index in [0.29, 0.717) is 0 Å². The Morgan fingerprint density at radius 1 is 0.688 bits per heavy atom. The first kappa shape index (κ1) is 16.4. The molecule has 0 saturated carbocycles. The Morgan fingerprint density at radius 2 is 1.19 bits per heavy atom. The van der Waals surface area contributed by atoms with E-state index in [-0.39, 0.29) is 0 Å². The lowest BCUT2D eigenvalue weighted by Gasteiger charge is -2.04. The summed E-state index contributed by atoms with van der Waals surface area (Å²) in [6.07, 6.45) is 13.3. The fourth-order valence-corrected chi connectivity index (χ4v) is 2.14. The Hall–Kier alpha value is 0.440. The molecule has 0 spiro atoms. The van der Waals surface area contributed by atoms with Crippen LogP contribution in [0.25, 0.3) is 0 Å². The minimum absolute atomic E-state index is 0.974. The lowest BCUT2D eigenvalue weighted by molar-refractivity contribution is 0.125. The smallest absolute Gasteiger partial charge is 0.0466 e. The normalized spacial score (nSPS) is 10.9. The van der Waals surface area contributed by atoms with Gasteiger partial charge in [0.15, 0.2) is 0 Å². The van der Waals surface area contributed by atoms with Gasteiger partial charge in [-0.2, -0.15) is 0 Å². The Kier molecular flexibility index (Phi) is 15.9. The predicted molar refractivity (Wildman–Crippen MR) is 76.5 cm³/mol. The second-order valence-corrected chi connectivity index (χ2v) is 5.28. The van der Waals surface area contributed by atoms with Gasteiger partial charge >= 0.3 is 0 Å². The molecule has 0 aliphatic heterocycles. The average molecular weight is 293 g/mol. The van der Waals surface area contributed by atoms with Gasteiger partial charge in [-0.05, 0) is 19.3 Å². The van der Waals surface area contributed by atoms with Gasteiger partial charge in [0.25, 0.3) is 0 Å². The first-order valence-corrected chi connectivity index (χ1v) is 8.17. The Morgan fingerprint density at radius 3 is 1.75 bits per heavy atom. The van der Waals surface area contributed by atoms with Gasteiger partial charge in [-0.25, -0.2) is 0 Å². The first-order valence-electron chi connectivity index (χ1n) is 7.05. The molecule has 0 N–H and O–H groups in total. The van der Waals surface area contributed by atoms with Gasteiger partial charge in [-0.3, -0.25) is 0 Å². The monoisotopic (exact) mass is 292 g/mol. The molecule has 0 radical (unpaired) electrons. The van der Waals surface area contributed by atoms with E-state index in [1.807, 2.05) is 0 Å². The minimum Gasteiger partial charge on any atom is -0.381 e. The predicted octanol–water partition coefficient (Wildman–Crippen LogP) is 5.32. The zero-order valence-corrected chi connectivity index (χ0v) is 12.6. The van der Waals surface area contributed by atoms with Gasteiger partial charge in [0.2, 0.25) is 0 Å². The first-order chi connectivity index (χ1) is 7.91. The molecule has 2 heteroatoms. The number of unbranched alkanes of at least 4 members (excludes halogenated alkanes) is 8. The third kappa shape index (κ3) is 14.4. The zero-order valence-electron chi connectivity index (χ0n) is 11.0. The summed E-state index contributed by atoms with van der Waals surface area (Å²) in [5.41, 5.74) is 0. The van der Waals surface area contributed by atoms with Gasteiger partial charge in [0, 0.05) is 18.5 Å². The quantitative estimate of drug-likeness (QED) is 0.330. The molecule has 0 bridgehead atoms. The lowest BCUT2D eigenvalue weighted by atomic mass is 10.1. The second-order valence-electron chi connectivity index (χ2n) is 4.48. The highest BCUT2D eigenvalue weighted by Crippen LogP contribution is 2.05. The molecule has 16 heavy (non-hydrogen) atoms. The summed E-state index contributed by atoms with van der Waals surface area (Å²) in [6.45, 7) is 4.21. The molecule has 0 amide bonds. The summed E-state index contributed by atoms with van der Waals surface area (Å²) in [5.74, 6) is 0. The van der Waals surface area contributed by atoms with Crippen LogP contribution in [0.1, 0.15) is 71.1 Å². The highest BCUT2D eigenvalue weighted by atomic mass is 79.9. The standard InChI is InChI=1S/C14H29BrO/c1-2-3-4-7-10-13-16-14-11-8-5-6-9-12-15/h2-14H2,1H3. The largest absolute Gasteiger partial charge is 0.381 e. The number of ether oxygens (including phenoxy) is 1. The van der Waals surface area contributed by atoms with Crippen molar-refractivity contribution >= 4 is 15.9 Å². The maximum absolute atomic E-state index is 5.61. The Bertz CT molecular complexity index is 103. The van der Waals surface area contributed by atoms with E-state index in [1.165, 1.54) is 64.2 Å². The van der Waals surface area contributed by atoms with E-state index in [1.54, 1.807) is 0 Å². The topological polar surface area (TPSA) is 9.23 Å². The third-order valence-corrected chi connectivity index (χ3v) is 3.38. The van der Waals surface area contributed by atoms with Crippen LogP contribution in [-0.2, 0) is 4.74 Å². The van der Waals surface area contributed by atoms with Crippen LogP contribution in [-0.4, -0.2) is 18.5 Å². The van der Waals surface area contributed by atoms with Gasteiger partial charge in [0.1, 0.15) is 0 Å². The SMILES string of the molecule is CCCCCCCOCCCCCCCBr. The Labute approximate surface area is 110 Å². The lowest BCUT2D eigenvalue weighted by Crippen LogP contribution is -1.97. The number of alkyl halides is 1. The highest BCUT2D eigenvalue weighted by Gasteiger charge is 1.92. The molecule has 0 heterocycles. The van der Waals surface area contributed by atoms with Crippen LogP contribution in [0.2, 0.25) is 0 Å². The number of hydrogen-bond donors (Lipinski definition) is 0. The van der Waals surface area contributed by atoms with Crippen molar-refractivity contribution in [2.75, 3.05) is 18.5 Å². The van der Waals surface area contributed by atoms with Crippen molar-refractivity contribution in [3.63, 3.8) is 0 Å². The summed E-state index contributed by atoms with van der Waals surface area (Å²) in [6, 6.07) is 0. The molecule has 0 aromatic heterocycles. The van der Waals surface area contributed by atoms with E-state index < -0.39 is 0 Å². The van der Waals surface area contributed by atoms with Gasteiger partial charge in [-0.15, -0.1) is 0 Å². The molecule has 0 rings (SSSR count). The van der Waals surface area contributed by atoms with Crippen LogP contribution in [0, 0.1) is 0 Å². The Balaban J connectivity index is 2.83. The van der Waals surface area contributed by atoms with Crippen molar-refractivity contribution < 1.29 is 4.74 Å². The fourth-order valence-electron chi connectivity index (χ4n) is 1.74. The molecule has 0 aromatic carbocycles. The molecule has 0 aliphatic carbocycles. The maximum Gasteiger partial charge on any atom is 0.0466 e. The molecule has 0 aromatic rings. The van der Waals surface area contributed by atoms with E-state index >= 15 is 0 Å². The molecular weight excluding hydrogens is 264 g/mol. The van der Waals surface area contributed by atoms with Crippen LogP contribution >= 0.6 is 15.9 Å². The molecule has 1 nitrogen and oxygen atoms in total. The van der Waals surface area contributed by atoms with E-state index in [2.05, 4.69) is 22.9 Å². The third-order valence-electron chi connectivity index (χ3n) is 2.81. The molecule has 0 unspecified atom stereocenters. The van der Waals surface area contributed by atoms with Crippen LogP contribution in [0.3, 0.4) is 0 Å². The van der Waals surface area contributed by atoms with Gasteiger partial charge in [0.05, 0.1) is 0 Å². The van der Waals surface area contributed by atoms with E-state index in [4.69, 9.17) is 4.74 Å². The molecule has 0 saturated heterocycles. The number of rotatable bonds is 13. The van der Waals surface area contributed by atoms with Crippen LogP contribution < -0.4 is 0 Å². The van der Waals surface area contributed by atoms with Crippen molar-refractivity contribution in [3.05, 3.63) is 0 Å². The van der Waals surface area contributed by atoms with Crippen LogP contribution in [0.15, 0.2) is 0 Å². The zero-order chi connectivity index (χ0) is 11.9. The van der Waals surface area contributed by atoms with Crippen LogP contribution in [0.4, 0.5) is 0 Å². The summed E-state index contributed by atoms with van der Waals surface area (Å²) < 4.78 is 5.61. The number of hydrogen-bond acceptors (Lipinski definition) is 1. The van der Waals surface area contributed by atoms with Crippen molar-refractivity contribution in [1.29, 1.82) is 0 Å². The fraction of sp³-hybridized carbons (Fsp3) is 1.00. The summed E-state index contributed by atoms with van der Waals surface area (Å²) >= 11 is 3.45. The van der Waals surface area contributed by atoms with Crippen molar-refractivity contribution in [1.82, 2.24) is 0 Å². The van der Waals surface area contributed by atoms with Gasteiger partial charge in [-0.1, -0.05) is 67.8 Å². The van der Waals surface area contributed by atoms with Crippen LogP contribution in [0.5, 0.6) is 0 Å². The van der Waals surface area contributed by atoms with E-state index in [9.17, 15) is 0 Å². The van der Waals surface area contributed by atoms with Gasteiger partial charge < -0.3 is 4.74 Å². The molecule has 0 atom stereocenters. The van der Waals surface area contributed by atoms with Crippen molar-refractivity contribution in [2.24, 2.45) is 0 Å². The van der Waals surface area contributed by atoms with Crippen molar-refractivity contribution in [2.45, 2.75) is 71.1 Å². The average Bonchev–Trinajstić information content (AvgIpc) is 2.31. The second kappa shape index (κ2) is 15.4. The summed E-state index contributed by atoms with van der Waals surface area (Å²) in [7, 11) is 0. The maximum atomic E-state index is 5.61. The van der Waals surface area contributed by atoms with Crippen molar-refractivity contribution in [3.8, 4) is 0 Å². The molecule has 0 aliphatic rings.